The number of carbonyl (C=O) groups is 1. The van der Waals surface area contributed by atoms with Crippen molar-refractivity contribution in [2.75, 3.05) is 17.2 Å². The smallest absolute Gasteiger partial charge is 0.255 e. The number of pyridine rings is 1. The normalized spacial score (nSPS) is 10.5. The zero-order valence-electron chi connectivity index (χ0n) is 17.9. The highest BCUT2D eigenvalue weighted by Crippen LogP contribution is 2.24. The Morgan fingerprint density at radius 2 is 1.83 bits per heavy atom. The Bertz CT molecular complexity index is 987. The molecule has 3 aromatic rings. The lowest BCUT2D eigenvalue weighted by Gasteiger charge is -2.15. The minimum absolute atomic E-state index is 0.127. The fourth-order valence-corrected chi connectivity index (χ4v) is 3.04. The van der Waals surface area contributed by atoms with Crippen molar-refractivity contribution in [1.29, 1.82) is 0 Å². The average molecular weight is 404 g/mol. The van der Waals surface area contributed by atoms with Crippen LogP contribution in [0.15, 0.2) is 60.7 Å². The highest BCUT2D eigenvalue weighted by molar-refractivity contribution is 6.04. The van der Waals surface area contributed by atoms with E-state index in [0.29, 0.717) is 18.7 Å². The number of aryl methyl sites for hydroxylation is 2. The number of aromatic nitrogens is 1. The Kier molecular flexibility index (Phi) is 7.44. The third kappa shape index (κ3) is 5.83. The molecule has 0 fully saturated rings. The molecule has 0 atom stereocenters. The van der Waals surface area contributed by atoms with Gasteiger partial charge in [-0.25, -0.2) is 0 Å². The molecule has 0 radical (unpaired) electrons. The summed E-state index contributed by atoms with van der Waals surface area (Å²) in [5.41, 5.74) is 5.25. The largest absolute Gasteiger partial charge is 0.492 e. The van der Waals surface area contributed by atoms with Crippen LogP contribution in [0.2, 0.25) is 0 Å². The number of rotatable bonds is 9. The number of nitrogens with one attached hydrogen (secondary N) is 2. The van der Waals surface area contributed by atoms with Crippen LogP contribution in [0.5, 0.6) is 5.75 Å². The number of anilines is 2. The van der Waals surface area contributed by atoms with Crippen molar-refractivity contribution < 1.29 is 9.53 Å². The van der Waals surface area contributed by atoms with Crippen LogP contribution in [-0.4, -0.2) is 17.5 Å². The van der Waals surface area contributed by atoms with E-state index in [1.807, 2.05) is 62.4 Å². The van der Waals surface area contributed by atoms with Gasteiger partial charge in [0.2, 0.25) is 0 Å². The van der Waals surface area contributed by atoms with E-state index in [0.717, 1.165) is 46.9 Å². The summed E-state index contributed by atoms with van der Waals surface area (Å²) in [6, 6.07) is 19.0. The second-order valence-electron chi connectivity index (χ2n) is 7.30. The lowest BCUT2D eigenvalue weighted by molar-refractivity contribution is 0.102. The summed E-state index contributed by atoms with van der Waals surface area (Å²) < 4.78 is 5.92. The molecule has 156 valence electrons. The molecule has 0 aliphatic carbocycles. The molecular formula is C25H29N3O2. The molecule has 1 amide bonds. The Morgan fingerprint density at radius 3 is 2.60 bits per heavy atom. The monoisotopic (exact) mass is 403 g/mol. The quantitative estimate of drug-likeness (QED) is 0.447. The van der Waals surface area contributed by atoms with Crippen LogP contribution in [0, 0.1) is 13.8 Å². The van der Waals surface area contributed by atoms with Crippen molar-refractivity contribution in [3.63, 3.8) is 0 Å². The van der Waals surface area contributed by atoms with Gasteiger partial charge in [-0.3, -0.25) is 9.78 Å². The summed E-state index contributed by atoms with van der Waals surface area (Å²) in [6.07, 6.45) is 2.11. The van der Waals surface area contributed by atoms with E-state index in [2.05, 4.69) is 22.5 Å². The molecule has 0 unspecified atom stereocenters. The van der Waals surface area contributed by atoms with E-state index >= 15 is 0 Å². The summed E-state index contributed by atoms with van der Waals surface area (Å²) >= 11 is 0. The Labute approximate surface area is 178 Å². The molecule has 0 saturated heterocycles. The highest BCUT2D eigenvalue weighted by Gasteiger charge is 2.09. The second-order valence-corrected chi connectivity index (χ2v) is 7.30. The average Bonchev–Trinajstić information content (AvgIpc) is 2.76. The van der Waals surface area contributed by atoms with Crippen LogP contribution in [0.3, 0.4) is 0 Å². The van der Waals surface area contributed by atoms with Gasteiger partial charge in [0, 0.05) is 22.6 Å². The lowest BCUT2D eigenvalue weighted by atomic mass is 10.1. The van der Waals surface area contributed by atoms with Gasteiger partial charge in [0.05, 0.1) is 13.2 Å². The summed E-state index contributed by atoms with van der Waals surface area (Å²) in [7, 11) is 0. The zero-order chi connectivity index (χ0) is 21.3. The topological polar surface area (TPSA) is 63.2 Å². The molecule has 2 N–H and O–H groups in total. The van der Waals surface area contributed by atoms with Crippen LogP contribution in [0.25, 0.3) is 0 Å². The fraction of sp³-hybridized carbons (Fsp3) is 0.280. The van der Waals surface area contributed by atoms with E-state index in [1.54, 1.807) is 12.1 Å². The SMILES string of the molecule is CCCCOc1ccc(C)nc1CNc1cc(NC(=O)c2ccccc2)ccc1C. The van der Waals surface area contributed by atoms with Crippen molar-refractivity contribution >= 4 is 17.3 Å². The van der Waals surface area contributed by atoms with Gasteiger partial charge >= 0.3 is 0 Å². The van der Waals surface area contributed by atoms with Crippen molar-refractivity contribution in [3.05, 3.63) is 83.2 Å². The first kappa shape index (κ1) is 21.4. The van der Waals surface area contributed by atoms with Crippen molar-refractivity contribution in [3.8, 4) is 5.75 Å². The number of carbonyl (C=O) groups excluding carboxylic acids is 1. The summed E-state index contributed by atoms with van der Waals surface area (Å²) in [5.74, 6) is 0.685. The highest BCUT2D eigenvalue weighted by atomic mass is 16.5. The van der Waals surface area contributed by atoms with Crippen LogP contribution < -0.4 is 15.4 Å². The van der Waals surface area contributed by atoms with Gasteiger partial charge in [-0.05, 0) is 62.2 Å². The van der Waals surface area contributed by atoms with Gasteiger partial charge in [0.25, 0.3) is 5.91 Å². The van der Waals surface area contributed by atoms with E-state index in [1.165, 1.54) is 0 Å². The first-order valence-corrected chi connectivity index (χ1v) is 10.4. The van der Waals surface area contributed by atoms with Gasteiger partial charge in [-0.1, -0.05) is 37.6 Å². The molecule has 0 saturated carbocycles. The van der Waals surface area contributed by atoms with Crippen molar-refractivity contribution in [2.24, 2.45) is 0 Å². The van der Waals surface area contributed by atoms with Crippen LogP contribution in [0.4, 0.5) is 11.4 Å². The molecule has 0 spiro atoms. The molecule has 1 heterocycles. The fourth-order valence-electron chi connectivity index (χ4n) is 3.04. The van der Waals surface area contributed by atoms with Crippen LogP contribution >= 0.6 is 0 Å². The Balaban J connectivity index is 1.71. The molecule has 0 bridgehead atoms. The van der Waals surface area contributed by atoms with Crippen LogP contribution in [0.1, 0.15) is 47.1 Å². The maximum atomic E-state index is 12.4. The second kappa shape index (κ2) is 10.4. The predicted octanol–water partition coefficient (Wildman–Crippen LogP) is 5.74. The number of nitrogens with zero attached hydrogens (tertiary/aromatic N) is 1. The van der Waals surface area contributed by atoms with Gasteiger partial charge < -0.3 is 15.4 Å². The summed E-state index contributed by atoms with van der Waals surface area (Å²) in [6.45, 7) is 7.39. The molecule has 5 nitrogen and oxygen atoms in total. The van der Waals surface area contributed by atoms with E-state index in [4.69, 9.17) is 4.74 Å². The van der Waals surface area contributed by atoms with E-state index in [9.17, 15) is 4.79 Å². The molecule has 0 aliphatic heterocycles. The Hall–Kier alpha value is -3.34. The first-order chi connectivity index (χ1) is 14.6. The third-order valence-electron chi connectivity index (χ3n) is 4.80. The molecule has 3 rings (SSSR count). The van der Waals surface area contributed by atoms with Gasteiger partial charge in [-0.2, -0.15) is 0 Å². The predicted molar refractivity (Wildman–Crippen MR) is 122 cm³/mol. The number of benzene rings is 2. The number of hydrogen-bond donors (Lipinski definition) is 2. The summed E-state index contributed by atoms with van der Waals surface area (Å²) in [5, 5.41) is 6.41. The van der Waals surface area contributed by atoms with Gasteiger partial charge in [0.15, 0.2) is 0 Å². The zero-order valence-corrected chi connectivity index (χ0v) is 17.9. The Morgan fingerprint density at radius 1 is 1.03 bits per heavy atom. The lowest BCUT2D eigenvalue weighted by Crippen LogP contribution is -2.12. The van der Waals surface area contributed by atoms with E-state index in [-0.39, 0.29) is 5.91 Å². The molecule has 2 aromatic carbocycles. The van der Waals surface area contributed by atoms with Crippen LogP contribution in [-0.2, 0) is 6.54 Å². The molecule has 0 aliphatic rings. The maximum Gasteiger partial charge on any atom is 0.255 e. The van der Waals surface area contributed by atoms with Gasteiger partial charge in [-0.15, -0.1) is 0 Å². The van der Waals surface area contributed by atoms with Crippen molar-refractivity contribution in [2.45, 2.75) is 40.2 Å². The molecule has 1 aromatic heterocycles. The molecule has 30 heavy (non-hydrogen) atoms. The van der Waals surface area contributed by atoms with Gasteiger partial charge in [0.1, 0.15) is 11.4 Å². The van der Waals surface area contributed by atoms with Crippen molar-refractivity contribution in [1.82, 2.24) is 4.98 Å². The minimum atomic E-state index is -0.127. The number of unbranched alkanes of at least 4 members (excludes halogenated alkanes) is 1. The first-order valence-electron chi connectivity index (χ1n) is 10.4. The minimum Gasteiger partial charge on any atom is -0.492 e. The summed E-state index contributed by atoms with van der Waals surface area (Å²) in [4.78, 5) is 17.1. The standard InChI is InChI=1S/C25H29N3O2/c1-4-5-15-30-24-14-12-19(3)27-23(24)17-26-22-16-21(13-11-18(22)2)28-25(29)20-9-7-6-8-10-20/h6-14,16,26H,4-5,15,17H2,1-3H3,(H,28,29). The third-order valence-corrected chi connectivity index (χ3v) is 4.80. The molecular weight excluding hydrogens is 374 g/mol. The number of ether oxygens (including phenoxy) is 1. The van der Waals surface area contributed by atoms with E-state index < -0.39 is 0 Å². The number of hydrogen-bond acceptors (Lipinski definition) is 4. The molecule has 5 heteroatoms. The number of amides is 1. The maximum absolute atomic E-state index is 12.4.